The van der Waals surface area contributed by atoms with Crippen LogP contribution in [0.2, 0.25) is 0 Å². The molecule has 0 saturated heterocycles. The van der Waals surface area contributed by atoms with Crippen molar-refractivity contribution >= 4 is 0 Å². The molecule has 0 heterocycles. The molecule has 0 N–H and O–H groups in total. The molecule has 0 bridgehead atoms. The van der Waals surface area contributed by atoms with Crippen molar-refractivity contribution in [1.82, 2.24) is 0 Å². The molecular formula is C8F18O2. The SMILES string of the molecule is FC(F)(F)OOC(C(F)(F)C(F)(F)F)(C(F)(F)C(F)(F)F)C(F)(F)C(F)(F)F. The topological polar surface area (TPSA) is 18.5 Å². The van der Waals surface area contributed by atoms with E-state index in [2.05, 4.69) is 0 Å². The van der Waals surface area contributed by atoms with Gasteiger partial charge in [0.05, 0.1) is 0 Å². The fourth-order valence-electron chi connectivity index (χ4n) is 1.46. The van der Waals surface area contributed by atoms with Crippen LogP contribution in [-0.4, -0.2) is 48.3 Å². The first-order valence-corrected chi connectivity index (χ1v) is 5.48. The van der Waals surface area contributed by atoms with E-state index >= 15 is 0 Å². The Bertz CT molecular complexity index is 481. The Morgan fingerprint density at radius 3 is 0.679 bits per heavy atom. The van der Waals surface area contributed by atoms with Crippen molar-refractivity contribution in [3.63, 3.8) is 0 Å². The molecule has 0 aliphatic carbocycles. The lowest BCUT2D eigenvalue weighted by Crippen LogP contribution is -2.81. The monoisotopic (exact) mass is 470 g/mol. The molecule has 20 heteroatoms. The Morgan fingerprint density at radius 2 is 0.536 bits per heavy atom. The van der Waals surface area contributed by atoms with Crippen LogP contribution in [-0.2, 0) is 9.78 Å². The van der Waals surface area contributed by atoms with E-state index in [0.717, 1.165) is 0 Å². The second-order valence-corrected chi connectivity index (χ2v) is 4.51. The molecule has 0 rings (SSSR count). The van der Waals surface area contributed by atoms with E-state index < -0.39 is 48.3 Å². The Hall–Kier alpha value is -1.34. The van der Waals surface area contributed by atoms with E-state index in [0.29, 0.717) is 0 Å². The molecule has 0 atom stereocenters. The van der Waals surface area contributed by atoms with E-state index in [1.165, 1.54) is 9.78 Å². The summed E-state index contributed by atoms with van der Waals surface area (Å²) in [7, 11) is 0. The summed E-state index contributed by atoms with van der Waals surface area (Å²) < 4.78 is 224. The van der Waals surface area contributed by atoms with Crippen molar-refractivity contribution in [2.45, 2.75) is 48.3 Å². The molecule has 0 aliphatic rings. The van der Waals surface area contributed by atoms with Gasteiger partial charge in [-0.05, 0) is 0 Å². The molecule has 0 aromatic carbocycles. The molecule has 2 nitrogen and oxygen atoms in total. The van der Waals surface area contributed by atoms with Gasteiger partial charge in [-0.25, -0.2) is 4.89 Å². The molecule has 28 heavy (non-hydrogen) atoms. The van der Waals surface area contributed by atoms with Crippen LogP contribution in [0, 0.1) is 0 Å². The van der Waals surface area contributed by atoms with Gasteiger partial charge in [-0.2, -0.15) is 65.9 Å². The van der Waals surface area contributed by atoms with Crippen LogP contribution in [0.3, 0.4) is 0 Å². The smallest absolute Gasteiger partial charge is 0.201 e. The summed E-state index contributed by atoms with van der Waals surface area (Å²) in [5.41, 5.74) is -8.67. The summed E-state index contributed by atoms with van der Waals surface area (Å²) in [4.78, 5) is 2.63. The summed E-state index contributed by atoms with van der Waals surface area (Å²) in [5.74, 6) is -25.9. The normalized spacial score (nSPS) is 16.5. The molecule has 170 valence electrons. The van der Waals surface area contributed by atoms with Crippen LogP contribution in [0.1, 0.15) is 0 Å². The summed E-state index contributed by atoms with van der Waals surface area (Å²) in [6.07, 6.45) is -31.5. The minimum absolute atomic E-state index is 1.30. The zero-order chi connectivity index (χ0) is 23.4. The van der Waals surface area contributed by atoms with E-state index in [1.807, 2.05) is 0 Å². The third kappa shape index (κ3) is 3.88. The van der Waals surface area contributed by atoms with E-state index in [9.17, 15) is 79.0 Å². The molecule has 0 fully saturated rings. The lowest BCUT2D eigenvalue weighted by Gasteiger charge is -2.47. The van der Waals surface area contributed by atoms with Gasteiger partial charge in [0.1, 0.15) is 0 Å². The van der Waals surface area contributed by atoms with E-state index in [4.69, 9.17) is 0 Å². The molecule has 0 saturated carbocycles. The van der Waals surface area contributed by atoms with Gasteiger partial charge in [-0.1, -0.05) is 0 Å². The Labute approximate surface area is 138 Å². The highest BCUT2D eigenvalue weighted by atomic mass is 19.4. The quantitative estimate of drug-likeness (QED) is 0.288. The summed E-state index contributed by atoms with van der Waals surface area (Å²) in [6, 6.07) is 0. The number of rotatable bonds is 5. The maximum atomic E-state index is 13.2. The third-order valence-electron chi connectivity index (χ3n) is 2.66. The molecule has 0 amide bonds. The van der Waals surface area contributed by atoms with Gasteiger partial charge >= 0.3 is 48.3 Å². The van der Waals surface area contributed by atoms with Gasteiger partial charge in [0, 0.05) is 0 Å². The van der Waals surface area contributed by atoms with Gasteiger partial charge < -0.3 is 0 Å². The second kappa shape index (κ2) is 6.59. The van der Waals surface area contributed by atoms with E-state index in [-0.39, 0.29) is 0 Å². The second-order valence-electron chi connectivity index (χ2n) is 4.51. The number of halogens is 18. The minimum atomic E-state index is -8.67. The lowest BCUT2D eigenvalue weighted by molar-refractivity contribution is -0.599. The van der Waals surface area contributed by atoms with Crippen LogP contribution in [0.15, 0.2) is 0 Å². The van der Waals surface area contributed by atoms with E-state index in [1.54, 1.807) is 0 Å². The van der Waals surface area contributed by atoms with Crippen LogP contribution in [0.4, 0.5) is 79.0 Å². The van der Waals surface area contributed by atoms with Gasteiger partial charge in [0.2, 0.25) is 0 Å². The maximum Gasteiger partial charge on any atom is 0.549 e. The minimum Gasteiger partial charge on any atom is -0.201 e. The zero-order valence-electron chi connectivity index (χ0n) is 11.6. The van der Waals surface area contributed by atoms with Crippen LogP contribution in [0.5, 0.6) is 0 Å². The van der Waals surface area contributed by atoms with Crippen molar-refractivity contribution in [2.24, 2.45) is 0 Å². The van der Waals surface area contributed by atoms with Crippen molar-refractivity contribution in [1.29, 1.82) is 0 Å². The Balaban J connectivity index is 7.47. The van der Waals surface area contributed by atoms with Gasteiger partial charge in [-0.3, -0.25) is 0 Å². The van der Waals surface area contributed by atoms with Gasteiger partial charge in [0.25, 0.3) is 0 Å². The predicted molar refractivity (Wildman–Crippen MR) is 44.0 cm³/mol. The fraction of sp³-hybridized carbons (Fsp3) is 1.00. The molecule has 0 unspecified atom stereocenters. The van der Waals surface area contributed by atoms with Crippen LogP contribution in [0.25, 0.3) is 0 Å². The molecule has 0 aromatic rings. The Kier molecular flexibility index (Phi) is 6.27. The average molecular weight is 470 g/mol. The molecule has 0 spiro atoms. The van der Waals surface area contributed by atoms with Crippen molar-refractivity contribution < 1.29 is 88.8 Å². The van der Waals surface area contributed by atoms with Crippen molar-refractivity contribution in [3.8, 4) is 0 Å². The Morgan fingerprint density at radius 1 is 0.321 bits per heavy atom. The highest BCUT2D eigenvalue weighted by molar-refractivity contribution is 5.19. The molecular weight excluding hydrogens is 470 g/mol. The summed E-state index contributed by atoms with van der Waals surface area (Å²) >= 11 is 0. The van der Waals surface area contributed by atoms with Crippen LogP contribution >= 0.6 is 0 Å². The highest BCUT2D eigenvalue weighted by Gasteiger charge is 2.98. The largest absolute Gasteiger partial charge is 0.549 e. The van der Waals surface area contributed by atoms with Gasteiger partial charge in [-0.15, -0.1) is 18.1 Å². The summed E-state index contributed by atoms with van der Waals surface area (Å²) in [5, 5.41) is 0. The number of hydrogen-bond acceptors (Lipinski definition) is 2. The fourth-order valence-corrected chi connectivity index (χ4v) is 1.46. The first-order chi connectivity index (χ1) is 11.7. The van der Waals surface area contributed by atoms with Crippen molar-refractivity contribution in [2.75, 3.05) is 0 Å². The lowest BCUT2D eigenvalue weighted by atomic mass is 9.80. The molecule has 0 aromatic heterocycles. The highest BCUT2D eigenvalue weighted by Crippen LogP contribution is 2.65. The standard InChI is InChI=1S/C8F18O2/c9-2(10,5(15,16)17)1(27-28-8(24,25)26,3(11,12)6(18,19)20)4(13,14)7(21,22)23. The zero-order valence-corrected chi connectivity index (χ0v) is 11.6. The first kappa shape index (κ1) is 26.7. The van der Waals surface area contributed by atoms with Gasteiger partial charge in [0.15, 0.2) is 0 Å². The third-order valence-corrected chi connectivity index (χ3v) is 2.66. The average Bonchev–Trinajstić information content (AvgIpc) is 2.32. The predicted octanol–water partition coefficient (Wildman–Crippen LogP) is 5.79. The molecule has 0 aliphatic heterocycles. The maximum absolute atomic E-state index is 13.2. The number of alkyl halides is 18. The summed E-state index contributed by atoms with van der Waals surface area (Å²) in [6.45, 7) is 0. The van der Waals surface area contributed by atoms with Crippen LogP contribution < -0.4 is 0 Å². The number of hydrogen-bond donors (Lipinski definition) is 0. The van der Waals surface area contributed by atoms with Crippen molar-refractivity contribution in [3.05, 3.63) is 0 Å². The first-order valence-electron chi connectivity index (χ1n) is 5.48. The molecule has 0 radical (unpaired) electrons.